The molecule has 0 saturated carbocycles. The molecule has 0 aliphatic heterocycles. The van der Waals surface area contributed by atoms with Gasteiger partial charge in [0.15, 0.2) is 0 Å². The van der Waals surface area contributed by atoms with Crippen LogP contribution in [0.3, 0.4) is 0 Å². The van der Waals surface area contributed by atoms with E-state index in [4.69, 9.17) is 0 Å². The Morgan fingerprint density at radius 2 is 0.788 bits per heavy atom. The topological polar surface area (TPSA) is 60.9 Å². The number of nitrogens with zero attached hydrogens (tertiary/aromatic N) is 3. The van der Waals surface area contributed by atoms with Gasteiger partial charge in [0.1, 0.15) is 0 Å². The predicted molar refractivity (Wildman–Crippen MR) is 132 cm³/mol. The van der Waals surface area contributed by atoms with Crippen molar-refractivity contribution in [2.24, 2.45) is 0 Å². The Balaban J connectivity index is 2.11. The first kappa shape index (κ1) is 23.9. The van der Waals surface area contributed by atoms with Crippen LogP contribution in [0.1, 0.15) is 38.0 Å². The van der Waals surface area contributed by atoms with Crippen molar-refractivity contribution in [2.75, 3.05) is 21.1 Å². The van der Waals surface area contributed by atoms with E-state index in [1.165, 1.54) is 0 Å². The minimum Gasteiger partial charge on any atom is -0.333 e. The van der Waals surface area contributed by atoms with Gasteiger partial charge >= 0.3 is 8.56 Å². The summed E-state index contributed by atoms with van der Waals surface area (Å²) in [6, 6.07) is 27.2. The molecule has 3 rings (SSSR count). The maximum atomic E-state index is 13.6. The van der Waals surface area contributed by atoms with Gasteiger partial charge in [0, 0.05) is 37.8 Å². The van der Waals surface area contributed by atoms with Crippen LogP contribution < -0.4 is 0 Å². The molecule has 0 heterocycles. The molecule has 3 amide bonds. The molecule has 0 aliphatic carbocycles. The second-order valence-electron chi connectivity index (χ2n) is 7.82. The van der Waals surface area contributed by atoms with E-state index in [-0.39, 0.29) is 17.7 Å². The summed E-state index contributed by atoms with van der Waals surface area (Å²) >= 11 is 0. The van der Waals surface area contributed by atoms with E-state index in [2.05, 4.69) is 0 Å². The van der Waals surface area contributed by atoms with Crippen LogP contribution in [0.25, 0.3) is 0 Å². The maximum absolute atomic E-state index is 13.6. The SMILES string of the molecule is CC[Si](N(C)C(=O)c1ccccc1)(N(C)C(=O)c1ccccc1)N(C)C(=O)c1ccccc1. The zero-order valence-electron chi connectivity index (χ0n) is 19.4. The largest absolute Gasteiger partial charge is 0.386 e. The number of hydrogen-bond acceptors (Lipinski definition) is 3. The van der Waals surface area contributed by atoms with E-state index >= 15 is 0 Å². The van der Waals surface area contributed by atoms with E-state index in [0.717, 1.165) is 0 Å². The lowest BCUT2D eigenvalue weighted by atomic mass is 10.2. The molecule has 0 radical (unpaired) electrons. The van der Waals surface area contributed by atoms with Gasteiger partial charge in [-0.1, -0.05) is 61.5 Å². The first-order valence-electron chi connectivity index (χ1n) is 10.8. The minimum absolute atomic E-state index is 0.232. The van der Waals surface area contributed by atoms with Crippen molar-refractivity contribution >= 4 is 26.3 Å². The fraction of sp³-hybridized carbons (Fsp3) is 0.192. The van der Waals surface area contributed by atoms with Crippen molar-refractivity contribution in [3.05, 3.63) is 108 Å². The lowest BCUT2D eigenvalue weighted by molar-refractivity contribution is 0.0755. The van der Waals surface area contributed by atoms with Crippen molar-refractivity contribution < 1.29 is 14.4 Å². The van der Waals surface area contributed by atoms with E-state index in [1.54, 1.807) is 108 Å². The molecule has 0 aliphatic rings. The molecule has 33 heavy (non-hydrogen) atoms. The molecule has 0 atom stereocenters. The lowest BCUT2D eigenvalue weighted by Gasteiger charge is -2.49. The average Bonchev–Trinajstić information content (AvgIpc) is 2.89. The first-order valence-corrected chi connectivity index (χ1v) is 12.9. The van der Waals surface area contributed by atoms with E-state index in [1.807, 2.05) is 25.1 Å². The number of rotatable bonds is 7. The molecule has 3 aromatic carbocycles. The Kier molecular flexibility index (Phi) is 7.45. The molecule has 6 nitrogen and oxygen atoms in total. The summed E-state index contributed by atoms with van der Waals surface area (Å²) in [4.78, 5) is 40.7. The van der Waals surface area contributed by atoms with Gasteiger partial charge in [-0.05, 0) is 42.4 Å². The van der Waals surface area contributed by atoms with Gasteiger partial charge in [-0.15, -0.1) is 0 Å². The van der Waals surface area contributed by atoms with Crippen molar-refractivity contribution in [2.45, 2.75) is 13.0 Å². The maximum Gasteiger partial charge on any atom is 0.386 e. The van der Waals surface area contributed by atoms with Gasteiger partial charge in [-0.2, -0.15) is 0 Å². The predicted octanol–water partition coefficient (Wildman–Crippen LogP) is 4.26. The van der Waals surface area contributed by atoms with Gasteiger partial charge in [0.05, 0.1) is 0 Å². The molecule has 3 aromatic rings. The third kappa shape index (κ3) is 4.59. The second-order valence-corrected chi connectivity index (χ2v) is 12.1. The highest BCUT2D eigenvalue weighted by atomic mass is 28.4. The van der Waals surface area contributed by atoms with E-state index in [9.17, 15) is 14.4 Å². The summed E-state index contributed by atoms with van der Waals surface area (Å²) in [5.41, 5.74) is 1.52. The summed E-state index contributed by atoms with van der Waals surface area (Å²) in [7, 11) is 1.70. The Morgan fingerprint density at radius 1 is 0.545 bits per heavy atom. The van der Waals surface area contributed by atoms with Gasteiger partial charge < -0.3 is 13.7 Å². The summed E-state index contributed by atoms with van der Waals surface area (Å²) in [6.07, 6.45) is 0. The number of carbonyl (C=O) groups is 3. The molecule has 0 aromatic heterocycles. The minimum atomic E-state index is -3.37. The van der Waals surface area contributed by atoms with Crippen molar-refractivity contribution in [3.8, 4) is 0 Å². The summed E-state index contributed by atoms with van der Waals surface area (Å²) in [6.45, 7) is 1.92. The Labute approximate surface area is 196 Å². The number of hydrogen-bond donors (Lipinski definition) is 0. The third-order valence-corrected chi connectivity index (χ3v) is 10.8. The molecular formula is C26H29N3O3Si. The highest BCUT2D eigenvalue weighted by molar-refractivity contribution is 6.78. The zero-order chi connectivity index (χ0) is 24.0. The number of amides is 3. The monoisotopic (exact) mass is 459 g/mol. The smallest absolute Gasteiger partial charge is 0.333 e. The fourth-order valence-electron chi connectivity index (χ4n) is 4.20. The summed E-state index contributed by atoms with van der Waals surface area (Å²) < 4.78 is 4.85. The summed E-state index contributed by atoms with van der Waals surface area (Å²) in [5.74, 6) is -0.696. The Morgan fingerprint density at radius 3 is 1.00 bits per heavy atom. The zero-order valence-corrected chi connectivity index (χ0v) is 20.4. The molecule has 0 bridgehead atoms. The molecule has 0 spiro atoms. The van der Waals surface area contributed by atoms with Gasteiger partial charge in [-0.3, -0.25) is 14.4 Å². The van der Waals surface area contributed by atoms with Crippen LogP contribution in [-0.2, 0) is 0 Å². The summed E-state index contributed by atoms with van der Waals surface area (Å²) in [5, 5.41) is 0. The Hall–Kier alpha value is -3.71. The van der Waals surface area contributed by atoms with Gasteiger partial charge in [0.25, 0.3) is 0 Å². The Bertz CT molecular complexity index is 968. The van der Waals surface area contributed by atoms with Crippen LogP contribution in [0.5, 0.6) is 0 Å². The highest BCUT2D eigenvalue weighted by Gasteiger charge is 2.53. The molecule has 0 saturated heterocycles. The van der Waals surface area contributed by atoms with Gasteiger partial charge in [-0.25, -0.2) is 0 Å². The first-order chi connectivity index (χ1) is 15.8. The van der Waals surface area contributed by atoms with Crippen LogP contribution in [0.4, 0.5) is 0 Å². The molecule has 0 unspecified atom stereocenters. The quantitative estimate of drug-likeness (QED) is 0.496. The molecule has 170 valence electrons. The van der Waals surface area contributed by atoms with Crippen LogP contribution in [-0.4, -0.2) is 61.1 Å². The van der Waals surface area contributed by atoms with E-state index < -0.39 is 8.56 Å². The second kappa shape index (κ2) is 10.3. The van der Waals surface area contributed by atoms with Crippen molar-refractivity contribution in [3.63, 3.8) is 0 Å². The molecule has 0 fully saturated rings. The standard InChI is InChI=1S/C26H29N3O3Si/c1-5-33(27(2)24(30)21-15-9-6-10-16-21,28(3)25(31)22-17-11-7-12-18-22)29(4)26(32)23-19-13-8-14-20-23/h6-20H,5H2,1-4H3. The van der Waals surface area contributed by atoms with Crippen molar-refractivity contribution in [1.82, 2.24) is 13.7 Å². The van der Waals surface area contributed by atoms with Crippen LogP contribution >= 0.6 is 0 Å². The van der Waals surface area contributed by atoms with Crippen molar-refractivity contribution in [1.29, 1.82) is 0 Å². The van der Waals surface area contributed by atoms with Crippen LogP contribution in [0.2, 0.25) is 6.04 Å². The number of carbonyl (C=O) groups excluding carboxylic acids is 3. The molecule has 7 heteroatoms. The normalized spacial score (nSPS) is 10.9. The fourth-order valence-corrected chi connectivity index (χ4v) is 8.33. The van der Waals surface area contributed by atoms with Gasteiger partial charge in [0.2, 0.25) is 17.7 Å². The van der Waals surface area contributed by atoms with Crippen LogP contribution in [0.15, 0.2) is 91.0 Å². The van der Waals surface area contributed by atoms with E-state index in [0.29, 0.717) is 22.7 Å². The number of benzene rings is 3. The average molecular weight is 460 g/mol. The highest BCUT2D eigenvalue weighted by Crippen LogP contribution is 2.27. The van der Waals surface area contributed by atoms with Crippen LogP contribution in [0, 0.1) is 0 Å². The molecule has 0 N–H and O–H groups in total. The molecular weight excluding hydrogens is 430 g/mol. The lowest BCUT2D eigenvalue weighted by Crippen LogP contribution is -2.75. The third-order valence-electron chi connectivity index (χ3n) is 6.06.